The van der Waals surface area contributed by atoms with E-state index in [1.807, 2.05) is 13.8 Å². The molecule has 0 rings (SSSR count). The van der Waals surface area contributed by atoms with E-state index in [2.05, 4.69) is 10.0 Å². The first-order chi connectivity index (χ1) is 7.78. The number of sulfonamides is 1. The van der Waals surface area contributed by atoms with Crippen LogP contribution >= 0.6 is 0 Å². The van der Waals surface area contributed by atoms with Crippen LogP contribution in [0.25, 0.3) is 0 Å². The van der Waals surface area contributed by atoms with Crippen LogP contribution in [0.4, 0.5) is 0 Å². The second kappa shape index (κ2) is 7.62. The molecule has 7 heteroatoms. The third-order valence-corrected chi connectivity index (χ3v) is 3.57. The minimum absolute atomic E-state index is 0.0833. The first kappa shape index (κ1) is 16.3. The molecule has 6 nitrogen and oxygen atoms in total. The quantitative estimate of drug-likeness (QED) is 0.546. The molecule has 0 saturated heterocycles. The maximum Gasteiger partial charge on any atom is 0.236 e. The first-order valence-electron chi connectivity index (χ1n) is 5.79. The summed E-state index contributed by atoms with van der Waals surface area (Å²) in [4.78, 5) is 11.5. The number of hydrogen-bond acceptors (Lipinski definition) is 4. The van der Waals surface area contributed by atoms with Crippen LogP contribution in [-0.4, -0.2) is 39.2 Å². The van der Waals surface area contributed by atoms with Crippen LogP contribution in [0.2, 0.25) is 0 Å². The van der Waals surface area contributed by atoms with Gasteiger partial charge in [0.1, 0.15) is 0 Å². The molecule has 0 aromatic heterocycles. The molecule has 0 aliphatic carbocycles. The first-order valence-corrected chi connectivity index (χ1v) is 7.44. The molecule has 0 saturated carbocycles. The Labute approximate surface area is 103 Å². The van der Waals surface area contributed by atoms with E-state index in [9.17, 15) is 13.2 Å². The van der Waals surface area contributed by atoms with E-state index in [1.54, 1.807) is 6.92 Å². The summed E-state index contributed by atoms with van der Waals surface area (Å²) in [6.07, 6.45) is 0.589. The number of nitrogens with one attached hydrogen (secondary N) is 2. The molecule has 0 aliphatic heterocycles. The highest BCUT2D eigenvalue weighted by molar-refractivity contribution is 7.89. The van der Waals surface area contributed by atoms with Crippen molar-refractivity contribution in [1.82, 2.24) is 10.0 Å². The summed E-state index contributed by atoms with van der Waals surface area (Å²) in [5.74, 6) is -0.0901. The van der Waals surface area contributed by atoms with Crippen molar-refractivity contribution in [2.24, 2.45) is 11.7 Å². The van der Waals surface area contributed by atoms with Gasteiger partial charge in [0.05, 0.1) is 11.8 Å². The van der Waals surface area contributed by atoms with E-state index in [0.29, 0.717) is 18.9 Å². The SMILES string of the molecule is CCNS(=O)(=O)CCNC(=O)[C@@H](N)CC(C)C. The largest absolute Gasteiger partial charge is 0.354 e. The highest BCUT2D eigenvalue weighted by Gasteiger charge is 2.15. The topological polar surface area (TPSA) is 101 Å². The zero-order valence-corrected chi connectivity index (χ0v) is 11.5. The molecule has 0 radical (unpaired) electrons. The molecule has 0 heterocycles. The second-order valence-electron chi connectivity index (χ2n) is 4.34. The average Bonchev–Trinajstić information content (AvgIpc) is 2.15. The predicted octanol–water partition coefficient (Wildman–Crippen LogP) is -0.585. The molecule has 0 aromatic rings. The Bertz CT molecular complexity index is 328. The standard InChI is InChI=1S/C10H23N3O3S/c1-4-13-17(15,16)6-5-12-10(14)9(11)7-8(2)3/h8-9,13H,4-7,11H2,1-3H3,(H,12,14)/t9-/m0/s1. The van der Waals surface area contributed by atoms with E-state index in [0.717, 1.165) is 0 Å². The minimum atomic E-state index is -3.28. The van der Waals surface area contributed by atoms with Crippen molar-refractivity contribution in [2.75, 3.05) is 18.8 Å². The van der Waals surface area contributed by atoms with Crippen LogP contribution in [0.15, 0.2) is 0 Å². The highest BCUT2D eigenvalue weighted by Crippen LogP contribution is 2.02. The molecule has 0 spiro atoms. The molecule has 0 bridgehead atoms. The number of carbonyl (C=O) groups is 1. The van der Waals surface area contributed by atoms with Gasteiger partial charge in [0.15, 0.2) is 0 Å². The lowest BCUT2D eigenvalue weighted by Gasteiger charge is -2.14. The third-order valence-electron chi connectivity index (χ3n) is 2.10. The Morgan fingerprint density at radius 2 is 1.94 bits per heavy atom. The molecular weight excluding hydrogens is 242 g/mol. The van der Waals surface area contributed by atoms with Gasteiger partial charge in [-0.3, -0.25) is 4.79 Å². The van der Waals surface area contributed by atoms with Gasteiger partial charge in [-0.25, -0.2) is 13.1 Å². The highest BCUT2D eigenvalue weighted by atomic mass is 32.2. The number of hydrogen-bond donors (Lipinski definition) is 3. The third kappa shape index (κ3) is 8.12. The van der Waals surface area contributed by atoms with Gasteiger partial charge in [0.2, 0.25) is 15.9 Å². The van der Waals surface area contributed by atoms with E-state index in [4.69, 9.17) is 5.73 Å². The number of nitrogens with two attached hydrogens (primary N) is 1. The van der Waals surface area contributed by atoms with E-state index in [1.165, 1.54) is 0 Å². The summed E-state index contributed by atoms with van der Waals surface area (Å²) in [5.41, 5.74) is 5.65. The Kier molecular flexibility index (Phi) is 7.33. The Hall–Kier alpha value is -0.660. The van der Waals surface area contributed by atoms with Crippen molar-refractivity contribution in [3.05, 3.63) is 0 Å². The van der Waals surface area contributed by atoms with Gasteiger partial charge < -0.3 is 11.1 Å². The van der Waals surface area contributed by atoms with Crippen LogP contribution < -0.4 is 15.8 Å². The number of carbonyl (C=O) groups excluding carboxylic acids is 1. The lowest BCUT2D eigenvalue weighted by Crippen LogP contribution is -2.43. The van der Waals surface area contributed by atoms with Gasteiger partial charge in [-0.05, 0) is 12.3 Å². The van der Waals surface area contributed by atoms with Gasteiger partial charge >= 0.3 is 0 Å². The van der Waals surface area contributed by atoms with Gasteiger partial charge in [-0.1, -0.05) is 20.8 Å². The van der Waals surface area contributed by atoms with Crippen molar-refractivity contribution in [2.45, 2.75) is 33.2 Å². The molecule has 1 amide bonds. The molecule has 4 N–H and O–H groups in total. The lowest BCUT2D eigenvalue weighted by atomic mass is 10.0. The number of amides is 1. The molecule has 0 aromatic carbocycles. The fraction of sp³-hybridized carbons (Fsp3) is 0.900. The van der Waals surface area contributed by atoms with Gasteiger partial charge in [-0.15, -0.1) is 0 Å². The van der Waals surface area contributed by atoms with Crippen LogP contribution in [0.5, 0.6) is 0 Å². The Balaban J connectivity index is 3.93. The molecule has 0 aliphatic rings. The summed E-state index contributed by atoms with van der Waals surface area (Å²) < 4.78 is 24.9. The zero-order chi connectivity index (χ0) is 13.5. The van der Waals surface area contributed by atoms with Crippen LogP contribution in [-0.2, 0) is 14.8 Å². The van der Waals surface area contributed by atoms with Gasteiger partial charge in [0.25, 0.3) is 0 Å². The molecule has 0 fully saturated rings. The number of rotatable bonds is 8. The fourth-order valence-corrected chi connectivity index (χ4v) is 2.30. The van der Waals surface area contributed by atoms with Crippen LogP contribution in [0.3, 0.4) is 0 Å². The maximum absolute atomic E-state index is 11.5. The van der Waals surface area contributed by atoms with Gasteiger partial charge in [0, 0.05) is 13.1 Å². The zero-order valence-electron chi connectivity index (χ0n) is 10.7. The molecule has 0 unspecified atom stereocenters. The van der Waals surface area contributed by atoms with Gasteiger partial charge in [-0.2, -0.15) is 0 Å². The fourth-order valence-electron chi connectivity index (χ4n) is 1.35. The predicted molar refractivity (Wildman–Crippen MR) is 67.9 cm³/mol. The van der Waals surface area contributed by atoms with Crippen molar-refractivity contribution < 1.29 is 13.2 Å². The monoisotopic (exact) mass is 265 g/mol. The van der Waals surface area contributed by atoms with Crippen LogP contribution in [0.1, 0.15) is 27.2 Å². The molecular formula is C10H23N3O3S. The smallest absolute Gasteiger partial charge is 0.236 e. The average molecular weight is 265 g/mol. The summed E-state index contributed by atoms with van der Waals surface area (Å²) in [5, 5.41) is 2.52. The van der Waals surface area contributed by atoms with E-state index < -0.39 is 16.1 Å². The van der Waals surface area contributed by atoms with Crippen LogP contribution in [0, 0.1) is 5.92 Å². The summed E-state index contributed by atoms with van der Waals surface area (Å²) in [6.45, 7) is 6.09. The Morgan fingerprint density at radius 3 is 2.41 bits per heavy atom. The van der Waals surface area contributed by atoms with Crippen molar-refractivity contribution in [3.63, 3.8) is 0 Å². The molecule has 1 atom stereocenters. The minimum Gasteiger partial charge on any atom is -0.354 e. The summed E-state index contributed by atoms with van der Waals surface area (Å²) >= 11 is 0. The molecule has 17 heavy (non-hydrogen) atoms. The summed E-state index contributed by atoms with van der Waals surface area (Å²) in [7, 11) is -3.28. The van der Waals surface area contributed by atoms with Crippen molar-refractivity contribution >= 4 is 15.9 Å². The van der Waals surface area contributed by atoms with E-state index >= 15 is 0 Å². The van der Waals surface area contributed by atoms with Crippen molar-refractivity contribution in [3.8, 4) is 0 Å². The normalized spacial score (nSPS) is 13.7. The molecule has 102 valence electrons. The summed E-state index contributed by atoms with van der Waals surface area (Å²) in [6, 6.07) is -0.572. The van der Waals surface area contributed by atoms with Crippen molar-refractivity contribution in [1.29, 1.82) is 0 Å². The Morgan fingerprint density at radius 1 is 1.35 bits per heavy atom. The lowest BCUT2D eigenvalue weighted by molar-refractivity contribution is -0.122. The van der Waals surface area contributed by atoms with E-state index in [-0.39, 0.29) is 18.2 Å². The second-order valence-corrected chi connectivity index (χ2v) is 6.27. The maximum atomic E-state index is 11.5.